The lowest BCUT2D eigenvalue weighted by atomic mass is 9.89. The molecule has 5 nitrogen and oxygen atoms in total. The topological polar surface area (TPSA) is 72.5 Å². The van der Waals surface area contributed by atoms with Gasteiger partial charge in [0.1, 0.15) is 11.0 Å². The molecule has 0 saturated heterocycles. The minimum atomic E-state index is -3.64. The van der Waals surface area contributed by atoms with Gasteiger partial charge in [-0.1, -0.05) is 25.3 Å². The van der Waals surface area contributed by atoms with E-state index < -0.39 is 15.1 Å². The molecule has 0 radical (unpaired) electrons. The van der Waals surface area contributed by atoms with Crippen LogP contribution < -0.4 is 10.1 Å². The first-order valence-corrected chi connectivity index (χ1v) is 11.6. The van der Waals surface area contributed by atoms with E-state index >= 15 is 0 Å². The quantitative estimate of drug-likeness (QED) is 0.754. The molecule has 1 atom stereocenters. The summed E-state index contributed by atoms with van der Waals surface area (Å²) in [6, 6.07) is 10.0. The van der Waals surface area contributed by atoms with Crippen molar-refractivity contribution in [2.75, 3.05) is 13.7 Å². The van der Waals surface area contributed by atoms with Crippen molar-refractivity contribution >= 4 is 27.1 Å². The minimum absolute atomic E-state index is 0.00595. The number of hydrogen-bond donors (Lipinski definition) is 1. The summed E-state index contributed by atoms with van der Waals surface area (Å²) in [5, 5.41) is 3.97. The number of sulfone groups is 1. The second-order valence-corrected chi connectivity index (χ2v) is 9.91. The van der Waals surface area contributed by atoms with Gasteiger partial charge in [0.2, 0.25) is 5.91 Å². The third-order valence-electron chi connectivity index (χ3n) is 5.06. The molecule has 1 amide bonds. The molecule has 1 aromatic carbocycles. The molecule has 0 spiro atoms. The maximum atomic E-state index is 13.2. The van der Waals surface area contributed by atoms with Crippen molar-refractivity contribution in [3.05, 3.63) is 46.7 Å². The van der Waals surface area contributed by atoms with Gasteiger partial charge in [-0.05, 0) is 48.6 Å². The van der Waals surface area contributed by atoms with E-state index in [0.717, 1.165) is 30.6 Å². The van der Waals surface area contributed by atoms with Gasteiger partial charge in [-0.3, -0.25) is 4.79 Å². The number of amides is 1. The molecule has 7 heteroatoms. The van der Waals surface area contributed by atoms with Gasteiger partial charge in [-0.15, -0.1) is 11.3 Å². The molecule has 146 valence electrons. The van der Waals surface area contributed by atoms with E-state index in [-0.39, 0.29) is 23.3 Å². The zero-order valence-corrected chi connectivity index (χ0v) is 17.0. The number of rotatable bonds is 7. The van der Waals surface area contributed by atoms with Crippen molar-refractivity contribution < 1.29 is 17.9 Å². The summed E-state index contributed by atoms with van der Waals surface area (Å²) in [6.07, 6.45) is 5.09. The second-order valence-electron chi connectivity index (χ2n) is 6.80. The number of carbonyl (C=O) groups is 1. The van der Waals surface area contributed by atoms with Crippen LogP contribution in [0.5, 0.6) is 5.75 Å². The molecular formula is C20H25NO4S2. The Morgan fingerprint density at radius 3 is 2.48 bits per heavy atom. The summed E-state index contributed by atoms with van der Waals surface area (Å²) < 4.78 is 31.6. The van der Waals surface area contributed by atoms with Gasteiger partial charge in [0.15, 0.2) is 9.84 Å². The third-order valence-corrected chi connectivity index (χ3v) is 8.29. The van der Waals surface area contributed by atoms with Gasteiger partial charge in [0, 0.05) is 17.3 Å². The molecule has 0 bridgehead atoms. The minimum Gasteiger partial charge on any atom is -0.497 e. The fourth-order valence-corrected chi connectivity index (χ4v) is 6.25. The van der Waals surface area contributed by atoms with Crippen LogP contribution in [0.25, 0.3) is 0 Å². The summed E-state index contributed by atoms with van der Waals surface area (Å²) in [7, 11) is -2.09. The lowest BCUT2D eigenvalue weighted by Gasteiger charge is -2.23. The number of methoxy groups -OCH3 is 1. The zero-order valence-electron chi connectivity index (χ0n) is 15.4. The van der Waals surface area contributed by atoms with Gasteiger partial charge in [0.25, 0.3) is 0 Å². The highest BCUT2D eigenvalue weighted by Crippen LogP contribution is 2.32. The normalized spacial score (nSPS) is 16.6. The van der Waals surface area contributed by atoms with Gasteiger partial charge >= 0.3 is 0 Å². The Bertz CT molecular complexity index is 839. The van der Waals surface area contributed by atoms with Gasteiger partial charge in [0.05, 0.1) is 12.0 Å². The first kappa shape index (κ1) is 19.9. The van der Waals surface area contributed by atoms with Crippen molar-refractivity contribution in [3.63, 3.8) is 0 Å². The molecule has 1 aliphatic carbocycles. The van der Waals surface area contributed by atoms with Crippen LogP contribution in [0.4, 0.5) is 0 Å². The highest BCUT2D eigenvalue weighted by Gasteiger charge is 2.31. The van der Waals surface area contributed by atoms with Crippen LogP contribution >= 0.6 is 11.3 Å². The Labute approximate surface area is 164 Å². The molecule has 1 heterocycles. The van der Waals surface area contributed by atoms with E-state index in [1.807, 2.05) is 17.5 Å². The number of carbonyl (C=O) groups excluding carboxylic acids is 1. The molecule has 2 aromatic rings. The number of benzene rings is 1. The predicted octanol–water partition coefficient (Wildman–Crippen LogP) is 3.97. The molecule has 1 fully saturated rings. The predicted molar refractivity (Wildman–Crippen MR) is 107 cm³/mol. The maximum absolute atomic E-state index is 13.2. The lowest BCUT2D eigenvalue weighted by molar-refractivity contribution is -0.125. The van der Waals surface area contributed by atoms with E-state index in [4.69, 9.17) is 4.74 Å². The fourth-order valence-electron chi connectivity index (χ4n) is 3.47. The summed E-state index contributed by atoms with van der Waals surface area (Å²) >= 11 is 1.39. The smallest absolute Gasteiger partial charge is 0.223 e. The molecule has 27 heavy (non-hydrogen) atoms. The van der Waals surface area contributed by atoms with Crippen molar-refractivity contribution in [1.82, 2.24) is 5.32 Å². The highest BCUT2D eigenvalue weighted by molar-refractivity contribution is 7.91. The van der Waals surface area contributed by atoms with Crippen molar-refractivity contribution in [1.29, 1.82) is 0 Å². The van der Waals surface area contributed by atoms with Crippen molar-refractivity contribution in [3.8, 4) is 5.75 Å². The Balaban J connectivity index is 1.79. The Kier molecular flexibility index (Phi) is 6.55. The highest BCUT2D eigenvalue weighted by atomic mass is 32.2. The first-order chi connectivity index (χ1) is 13.0. The van der Waals surface area contributed by atoms with Gasteiger partial charge in [-0.25, -0.2) is 8.42 Å². The largest absolute Gasteiger partial charge is 0.497 e. The summed E-state index contributed by atoms with van der Waals surface area (Å²) in [5.74, 6) is 0.583. The van der Waals surface area contributed by atoms with Crippen LogP contribution in [-0.2, 0) is 14.6 Å². The van der Waals surface area contributed by atoms with Crippen LogP contribution in [-0.4, -0.2) is 28.0 Å². The molecule has 1 saturated carbocycles. The average Bonchev–Trinajstić information content (AvgIpc) is 3.23. The number of ether oxygens (including phenoxy) is 1. The molecular weight excluding hydrogens is 382 g/mol. The zero-order chi connectivity index (χ0) is 19.3. The number of hydrogen-bond acceptors (Lipinski definition) is 5. The molecule has 0 aliphatic heterocycles. The van der Waals surface area contributed by atoms with Crippen LogP contribution in [0.3, 0.4) is 0 Å². The summed E-state index contributed by atoms with van der Waals surface area (Å²) in [4.78, 5) is 13.5. The van der Waals surface area contributed by atoms with Crippen LogP contribution in [0, 0.1) is 5.92 Å². The Morgan fingerprint density at radius 1 is 1.19 bits per heavy atom. The molecule has 1 aromatic heterocycles. The summed E-state index contributed by atoms with van der Waals surface area (Å²) in [6.45, 7) is 0.0875. The second kappa shape index (κ2) is 8.89. The van der Waals surface area contributed by atoms with Crippen LogP contribution in [0.2, 0.25) is 0 Å². The Hall–Kier alpha value is -1.86. The van der Waals surface area contributed by atoms with E-state index in [9.17, 15) is 13.2 Å². The van der Waals surface area contributed by atoms with Crippen molar-refractivity contribution in [2.24, 2.45) is 5.92 Å². The van der Waals surface area contributed by atoms with Crippen molar-refractivity contribution in [2.45, 2.75) is 42.2 Å². The van der Waals surface area contributed by atoms with E-state index in [1.54, 1.807) is 31.4 Å². The molecule has 0 unspecified atom stereocenters. The Morgan fingerprint density at radius 2 is 1.89 bits per heavy atom. The molecule has 1 N–H and O–H groups in total. The third kappa shape index (κ3) is 4.71. The summed E-state index contributed by atoms with van der Waals surface area (Å²) in [5.41, 5.74) is 0. The number of thiophene rings is 1. The van der Waals surface area contributed by atoms with E-state index in [0.29, 0.717) is 5.75 Å². The van der Waals surface area contributed by atoms with Gasteiger partial charge < -0.3 is 10.1 Å². The first-order valence-electron chi connectivity index (χ1n) is 9.21. The van der Waals surface area contributed by atoms with E-state index in [1.165, 1.54) is 17.8 Å². The van der Waals surface area contributed by atoms with Gasteiger partial charge in [-0.2, -0.15) is 0 Å². The lowest BCUT2D eigenvalue weighted by Crippen LogP contribution is -2.36. The van der Waals surface area contributed by atoms with Crippen LogP contribution in [0.1, 0.15) is 42.2 Å². The monoisotopic (exact) mass is 407 g/mol. The molecule has 1 aliphatic rings. The van der Waals surface area contributed by atoms with Crippen LogP contribution in [0.15, 0.2) is 46.7 Å². The van der Waals surface area contributed by atoms with E-state index in [2.05, 4.69) is 5.32 Å². The standard InChI is InChI=1S/C20H25NO4S2/c1-25-16-9-11-17(12-10-16)27(23,24)19(18-8-5-13-26-18)14-21-20(22)15-6-3-2-4-7-15/h5,8-13,15,19H,2-4,6-7,14H2,1H3,(H,21,22)/t19-/m1/s1. The number of nitrogens with one attached hydrogen (secondary N) is 1. The average molecular weight is 408 g/mol. The SMILES string of the molecule is COc1ccc(S(=O)(=O)[C@H](CNC(=O)C2CCCCC2)c2cccs2)cc1. The fraction of sp³-hybridized carbons (Fsp3) is 0.450. The maximum Gasteiger partial charge on any atom is 0.223 e. The molecule has 3 rings (SSSR count).